The van der Waals surface area contributed by atoms with E-state index in [0.29, 0.717) is 23.3 Å². The molecule has 1 aliphatic rings. The second-order valence-corrected chi connectivity index (χ2v) is 13.3. The van der Waals surface area contributed by atoms with Crippen molar-refractivity contribution in [2.24, 2.45) is 5.92 Å². The third kappa shape index (κ3) is 7.82. The van der Waals surface area contributed by atoms with Gasteiger partial charge >= 0.3 is 14.5 Å². The van der Waals surface area contributed by atoms with Crippen LogP contribution in [0, 0.1) is 5.92 Å². The lowest BCUT2D eigenvalue weighted by Gasteiger charge is -2.29. The molecule has 2 aromatic heterocycles. The minimum absolute atomic E-state index is 0.0349. The third-order valence-corrected chi connectivity index (χ3v) is 8.34. The van der Waals surface area contributed by atoms with Gasteiger partial charge in [-0.15, -0.1) is 4.83 Å². The summed E-state index contributed by atoms with van der Waals surface area (Å²) in [5.74, 6) is 0.348. The number of aromatic nitrogens is 4. The maximum atomic E-state index is 12.5. The number of hydrazine groups is 1. The molecule has 3 heterocycles. The molecule has 3 aromatic rings. The summed E-state index contributed by atoms with van der Waals surface area (Å²) in [6.07, 6.45) is 2.49. The van der Waals surface area contributed by atoms with Crippen molar-refractivity contribution < 1.29 is 31.7 Å². The Kier molecular flexibility index (Phi) is 9.85. The van der Waals surface area contributed by atoms with Crippen molar-refractivity contribution in [1.82, 2.24) is 29.4 Å². The molecule has 0 amide bonds. The number of imidazole rings is 1. The summed E-state index contributed by atoms with van der Waals surface area (Å²) in [5.41, 5.74) is 5.65. The molecule has 0 aliphatic carbocycles. The van der Waals surface area contributed by atoms with Gasteiger partial charge in [-0.2, -0.15) is 9.97 Å². The lowest BCUT2D eigenvalue weighted by Crippen LogP contribution is -2.46. The van der Waals surface area contributed by atoms with Gasteiger partial charge in [-0.05, 0) is 39.3 Å². The molecule has 0 spiro atoms. The monoisotopic (exact) mass is 624 g/mol. The fraction of sp³-hybridized carbons (Fsp3) is 0.520. The molecule has 4 N–H and O–H groups in total. The molecule has 1 aliphatic heterocycles. The van der Waals surface area contributed by atoms with Crippen LogP contribution in [0.4, 0.5) is 11.8 Å². The second kappa shape index (κ2) is 13.0. The number of sulfonamides is 1. The molecule has 230 valence electrons. The van der Waals surface area contributed by atoms with E-state index < -0.39 is 36.3 Å². The number of ether oxygens (including phenoxy) is 2. The summed E-state index contributed by atoms with van der Waals surface area (Å²) in [6.45, 7) is 7.63. The van der Waals surface area contributed by atoms with Crippen LogP contribution in [0.15, 0.2) is 36.7 Å². The summed E-state index contributed by atoms with van der Waals surface area (Å²) >= 11 is 0. The normalized spacial score (nSPS) is 20.0. The number of hydrogen-bond acceptors (Lipinski definition) is 13. The van der Waals surface area contributed by atoms with Crippen LogP contribution in [0.1, 0.15) is 40.3 Å². The molecule has 1 aromatic carbocycles. The molecule has 0 radical (unpaired) electrons. The highest BCUT2D eigenvalue weighted by molar-refractivity contribution is 7.88. The van der Waals surface area contributed by atoms with Gasteiger partial charge in [0, 0.05) is 13.0 Å². The smallest absolute Gasteiger partial charge is 0.326 e. The summed E-state index contributed by atoms with van der Waals surface area (Å²) < 4.78 is 49.1. The largest absolute Gasteiger partial charge is 0.465 e. The van der Waals surface area contributed by atoms with E-state index in [9.17, 15) is 13.2 Å². The first-order chi connectivity index (χ1) is 19.8. The van der Waals surface area contributed by atoms with Gasteiger partial charge in [-0.3, -0.25) is 14.4 Å². The summed E-state index contributed by atoms with van der Waals surface area (Å²) in [4.78, 5) is 27.8. The Balaban J connectivity index is 1.50. The molecule has 3 unspecified atom stereocenters. The van der Waals surface area contributed by atoms with Crippen molar-refractivity contribution in [1.29, 1.82) is 0 Å². The number of carbonyl (C=O) groups is 1. The number of hydrogen-bond donors (Lipinski definition) is 3. The predicted molar refractivity (Wildman–Crippen MR) is 158 cm³/mol. The molecule has 0 bridgehead atoms. The second-order valence-electron chi connectivity index (χ2n) is 10.4. The average molecular weight is 625 g/mol. The SMILES string of the molecule is CCOC(=O)C(C)(C)NP(OCC1CC(C)[C@H](n2cnc3c(N(C)NS(C)(=O)=O)nc(N)nc32)O1)Oc1ccccc1. The van der Waals surface area contributed by atoms with Gasteiger partial charge in [0.25, 0.3) is 0 Å². The highest BCUT2D eigenvalue weighted by atomic mass is 32.2. The summed E-state index contributed by atoms with van der Waals surface area (Å²) in [5, 5.41) is 4.38. The van der Waals surface area contributed by atoms with Gasteiger partial charge in [-0.1, -0.05) is 25.1 Å². The van der Waals surface area contributed by atoms with Gasteiger partial charge in [0.1, 0.15) is 17.5 Å². The van der Waals surface area contributed by atoms with Crippen molar-refractivity contribution in [3.8, 4) is 5.75 Å². The van der Waals surface area contributed by atoms with Gasteiger partial charge in [0.15, 0.2) is 17.0 Å². The van der Waals surface area contributed by atoms with Gasteiger partial charge in [0.05, 0.1) is 31.9 Å². The maximum Gasteiger partial charge on any atom is 0.326 e. The highest BCUT2D eigenvalue weighted by Gasteiger charge is 2.38. The molecule has 42 heavy (non-hydrogen) atoms. The van der Waals surface area contributed by atoms with Crippen molar-refractivity contribution in [2.45, 2.75) is 52.0 Å². The standard InChI is InChI=1S/C25H37N8O7PS/c1-7-37-23(34)25(3,4)30-41(40-17-11-9-8-10-12-17)38-14-18-13-16(2)22(39-18)33-15-27-19-20(28-24(26)29-21(19)33)32(5)31-42(6,35)36/h8-12,15-16,18,22,30-31H,7,13-14H2,1-6H3,(H2,26,28,29)/t16?,18?,22-,41?/m1/s1. The van der Waals surface area contributed by atoms with E-state index in [1.54, 1.807) is 43.8 Å². The summed E-state index contributed by atoms with van der Waals surface area (Å²) in [6, 6.07) is 9.17. The number of nitrogens with two attached hydrogens (primary N) is 1. The molecule has 4 rings (SSSR count). The minimum atomic E-state index is -3.57. The highest BCUT2D eigenvalue weighted by Crippen LogP contribution is 2.41. The van der Waals surface area contributed by atoms with Crippen LogP contribution in [-0.2, 0) is 28.8 Å². The Labute approximate surface area is 246 Å². The number of esters is 1. The fourth-order valence-corrected chi connectivity index (χ4v) is 6.30. The number of nitrogen functional groups attached to an aromatic ring is 1. The number of benzene rings is 1. The maximum absolute atomic E-state index is 12.5. The van der Waals surface area contributed by atoms with Crippen molar-refractivity contribution in [3.63, 3.8) is 0 Å². The van der Waals surface area contributed by atoms with E-state index in [-0.39, 0.29) is 37.0 Å². The van der Waals surface area contributed by atoms with E-state index in [4.69, 9.17) is 24.3 Å². The Morgan fingerprint density at radius 3 is 2.67 bits per heavy atom. The quantitative estimate of drug-likeness (QED) is 0.143. The van der Waals surface area contributed by atoms with E-state index >= 15 is 0 Å². The van der Waals surface area contributed by atoms with Crippen molar-refractivity contribution in [3.05, 3.63) is 36.7 Å². The van der Waals surface area contributed by atoms with E-state index in [2.05, 4.69) is 24.9 Å². The van der Waals surface area contributed by atoms with E-state index in [1.165, 1.54) is 12.1 Å². The van der Waals surface area contributed by atoms with Crippen LogP contribution in [0.3, 0.4) is 0 Å². The number of anilines is 2. The topological polar surface area (TPSA) is 185 Å². The first-order valence-electron chi connectivity index (χ1n) is 13.2. The predicted octanol–water partition coefficient (Wildman–Crippen LogP) is 2.49. The minimum Gasteiger partial charge on any atom is -0.465 e. The molecule has 15 nitrogen and oxygen atoms in total. The number of rotatable bonds is 13. The molecular formula is C25H37N8O7PS. The van der Waals surface area contributed by atoms with Crippen LogP contribution >= 0.6 is 8.53 Å². The lowest BCUT2D eigenvalue weighted by molar-refractivity contribution is -0.149. The van der Waals surface area contributed by atoms with E-state index in [0.717, 1.165) is 6.26 Å². The first kappa shape index (κ1) is 31.8. The number of nitrogens with zero attached hydrogens (tertiary/aromatic N) is 5. The molecule has 4 atom stereocenters. The van der Waals surface area contributed by atoms with Crippen LogP contribution < -0.4 is 25.2 Å². The van der Waals surface area contributed by atoms with Crippen LogP contribution in [0.2, 0.25) is 0 Å². The Bertz CT molecular complexity index is 1490. The van der Waals surface area contributed by atoms with Crippen LogP contribution in [0.25, 0.3) is 11.2 Å². The van der Waals surface area contributed by atoms with Gasteiger partial charge < -0.3 is 24.3 Å². The Morgan fingerprint density at radius 1 is 1.29 bits per heavy atom. The molecule has 1 saturated heterocycles. The zero-order valence-electron chi connectivity index (χ0n) is 24.3. The van der Waals surface area contributed by atoms with Crippen molar-refractivity contribution >= 4 is 47.4 Å². The van der Waals surface area contributed by atoms with E-state index in [1.807, 2.05) is 25.1 Å². The summed E-state index contributed by atoms with van der Waals surface area (Å²) in [7, 11) is -3.83. The molecular weight excluding hydrogens is 587 g/mol. The number of para-hydroxylation sites is 1. The van der Waals surface area contributed by atoms with Crippen LogP contribution in [-0.4, -0.2) is 72.1 Å². The van der Waals surface area contributed by atoms with Gasteiger partial charge in [0.2, 0.25) is 16.0 Å². The van der Waals surface area contributed by atoms with Crippen molar-refractivity contribution in [2.75, 3.05) is 37.3 Å². The van der Waals surface area contributed by atoms with Crippen LogP contribution in [0.5, 0.6) is 5.75 Å². The number of nitrogens with one attached hydrogen (secondary N) is 2. The number of fused-ring (bicyclic) bond motifs is 1. The third-order valence-electron chi connectivity index (χ3n) is 6.23. The number of carbonyl (C=O) groups excluding carboxylic acids is 1. The van der Waals surface area contributed by atoms with Gasteiger partial charge in [-0.25, -0.2) is 18.5 Å². The fourth-order valence-electron chi connectivity index (χ4n) is 4.39. The Morgan fingerprint density at radius 2 is 2.00 bits per heavy atom. The zero-order valence-corrected chi connectivity index (χ0v) is 26.1. The average Bonchev–Trinajstić information content (AvgIpc) is 3.48. The lowest BCUT2D eigenvalue weighted by atomic mass is 10.1. The Hall–Kier alpha value is -3.14. The molecule has 1 fully saturated rings. The first-order valence-corrected chi connectivity index (χ1v) is 16.3. The zero-order chi connectivity index (χ0) is 30.7. The molecule has 0 saturated carbocycles. The molecule has 17 heteroatoms.